The van der Waals surface area contributed by atoms with Crippen molar-refractivity contribution >= 4 is 17.3 Å². The number of likely N-dealkylation sites (tertiary alicyclic amines) is 1. The zero-order valence-electron chi connectivity index (χ0n) is 23.6. The van der Waals surface area contributed by atoms with E-state index in [1.54, 1.807) is 0 Å². The monoisotopic (exact) mass is 533 g/mol. The van der Waals surface area contributed by atoms with Crippen LogP contribution in [0.25, 0.3) is 11.3 Å². The molecule has 0 saturated carbocycles. The first kappa shape index (κ1) is 27.1. The average molecular weight is 534 g/mol. The molecule has 3 heterocycles. The van der Waals surface area contributed by atoms with Gasteiger partial charge in [0.25, 0.3) is 0 Å². The van der Waals surface area contributed by atoms with Crippen LogP contribution in [0.3, 0.4) is 0 Å². The number of benzene rings is 2. The van der Waals surface area contributed by atoms with Crippen molar-refractivity contribution in [1.82, 2.24) is 14.9 Å². The van der Waals surface area contributed by atoms with Gasteiger partial charge in [0.1, 0.15) is 22.9 Å². The van der Waals surface area contributed by atoms with Crippen molar-refractivity contribution in [2.75, 3.05) is 30.4 Å². The molecule has 6 nitrogen and oxygen atoms in total. The van der Waals surface area contributed by atoms with Gasteiger partial charge in [-0.3, -0.25) is 0 Å². The molecule has 2 aliphatic heterocycles. The van der Waals surface area contributed by atoms with E-state index in [1.807, 2.05) is 45.0 Å². The number of aryl methyl sites for hydroxylation is 1. The molecule has 8 heteroatoms. The molecule has 0 spiro atoms. The van der Waals surface area contributed by atoms with E-state index < -0.39 is 11.4 Å². The fourth-order valence-corrected chi connectivity index (χ4v) is 5.56. The van der Waals surface area contributed by atoms with Gasteiger partial charge in [-0.05, 0) is 109 Å². The summed E-state index contributed by atoms with van der Waals surface area (Å²) in [6.07, 6.45) is 3.02. The van der Waals surface area contributed by atoms with Crippen LogP contribution >= 0.6 is 0 Å². The highest BCUT2D eigenvalue weighted by molar-refractivity contribution is 5.77. The average Bonchev–Trinajstić information content (AvgIpc) is 2.87. The van der Waals surface area contributed by atoms with Crippen LogP contribution in [0.5, 0.6) is 5.75 Å². The van der Waals surface area contributed by atoms with Gasteiger partial charge < -0.3 is 19.9 Å². The largest absolute Gasteiger partial charge is 0.479 e. The summed E-state index contributed by atoms with van der Waals surface area (Å²) in [5.41, 5.74) is 3.95. The molecule has 2 aromatic carbocycles. The smallest absolute Gasteiger partial charge is 0.227 e. The van der Waals surface area contributed by atoms with Gasteiger partial charge in [-0.1, -0.05) is 12.6 Å². The molecule has 39 heavy (non-hydrogen) atoms. The van der Waals surface area contributed by atoms with Gasteiger partial charge >= 0.3 is 0 Å². The van der Waals surface area contributed by atoms with Crippen molar-refractivity contribution < 1.29 is 13.5 Å². The number of aromatic nitrogens is 2. The SMILES string of the molecule is C=C1N(C(C)C)c2cc(-c3nc(Nc4ccc(C5CCN(C)CC5)c(F)c4)ncc3F)cc(C)c2OC1(C)C. The highest BCUT2D eigenvalue weighted by atomic mass is 19.1. The molecule has 5 rings (SSSR count). The highest BCUT2D eigenvalue weighted by Crippen LogP contribution is 2.47. The summed E-state index contributed by atoms with van der Waals surface area (Å²) in [5.74, 6) is 0.357. The third-order valence-corrected chi connectivity index (χ3v) is 7.81. The van der Waals surface area contributed by atoms with Crippen molar-refractivity contribution in [3.63, 3.8) is 0 Å². The van der Waals surface area contributed by atoms with Crippen LogP contribution in [-0.4, -0.2) is 46.6 Å². The van der Waals surface area contributed by atoms with Crippen LogP contribution in [0.4, 0.5) is 26.1 Å². The maximum Gasteiger partial charge on any atom is 0.227 e. The third-order valence-electron chi connectivity index (χ3n) is 7.81. The normalized spacial score (nSPS) is 17.8. The molecule has 0 aliphatic carbocycles. The van der Waals surface area contributed by atoms with Gasteiger partial charge in [0, 0.05) is 17.3 Å². The molecule has 0 atom stereocenters. The van der Waals surface area contributed by atoms with E-state index in [0.29, 0.717) is 11.3 Å². The topological polar surface area (TPSA) is 53.5 Å². The lowest BCUT2D eigenvalue weighted by molar-refractivity contribution is 0.134. The number of anilines is 3. The number of nitrogens with zero attached hydrogens (tertiary/aromatic N) is 4. The van der Waals surface area contributed by atoms with Crippen LogP contribution in [0.2, 0.25) is 0 Å². The standard InChI is InChI=1S/C31H37F2N5O/c1-18(2)38-20(4)31(5,6)39-29-19(3)14-22(15-27(29)38)28-26(33)17-34-30(36-28)35-23-8-9-24(25(32)16-23)21-10-12-37(7)13-11-21/h8-9,14-18,21H,4,10-13H2,1-3,5-7H3,(H,34,35,36). The number of ether oxygens (including phenoxy) is 1. The van der Waals surface area contributed by atoms with E-state index in [2.05, 4.69) is 52.6 Å². The van der Waals surface area contributed by atoms with Crippen molar-refractivity contribution in [3.8, 4) is 17.0 Å². The zero-order valence-corrected chi connectivity index (χ0v) is 23.6. The van der Waals surface area contributed by atoms with Crippen molar-refractivity contribution in [3.05, 3.63) is 71.6 Å². The predicted molar refractivity (Wildman–Crippen MR) is 153 cm³/mol. The third kappa shape index (κ3) is 5.22. The molecule has 2 aliphatic rings. The first-order valence-electron chi connectivity index (χ1n) is 13.5. The van der Waals surface area contributed by atoms with Gasteiger partial charge in [-0.15, -0.1) is 0 Å². The number of rotatable bonds is 5. The molecular weight excluding hydrogens is 496 g/mol. The van der Waals surface area contributed by atoms with Crippen LogP contribution in [0.15, 0.2) is 48.8 Å². The Morgan fingerprint density at radius 1 is 1.10 bits per heavy atom. The molecule has 0 unspecified atom stereocenters. The second-order valence-corrected chi connectivity index (χ2v) is 11.5. The second kappa shape index (κ2) is 10.2. The van der Waals surface area contributed by atoms with Gasteiger partial charge in [0.05, 0.1) is 17.6 Å². The molecule has 206 valence electrons. The molecule has 0 bridgehead atoms. The Morgan fingerprint density at radius 2 is 1.82 bits per heavy atom. The van der Waals surface area contributed by atoms with E-state index in [0.717, 1.165) is 60.4 Å². The van der Waals surface area contributed by atoms with Gasteiger partial charge in [-0.2, -0.15) is 0 Å². The Morgan fingerprint density at radius 3 is 2.49 bits per heavy atom. The summed E-state index contributed by atoms with van der Waals surface area (Å²) in [7, 11) is 2.09. The second-order valence-electron chi connectivity index (χ2n) is 11.5. The summed E-state index contributed by atoms with van der Waals surface area (Å²) < 4.78 is 36.5. The lowest BCUT2D eigenvalue weighted by Gasteiger charge is -2.45. The molecule has 3 aromatic rings. The van der Waals surface area contributed by atoms with E-state index >= 15 is 8.78 Å². The summed E-state index contributed by atoms with van der Waals surface area (Å²) in [6.45, 7) is 16.3. The summed E-state index contributed by atoms with van der Waals surface area (Å²) in [4.78, 5) is 13.0. The molecule has 0 amide bonds. The van der Waals surface area contributed by atoms with E-state index in [4.69, 9.17) is 4.74 Å². The summed E-state index contributed by atoms with van der Waals surface area (Å²) >= 11 is 0. The van der Waals surface area contributed by atoms with Crippen LogP contribution < -0.4 is 15.0 Å². The maximum absolute atomic E-state index is 15.1. The minimum atomic E-state index is -0.570. The Bertz CT molecular complexity index is 1410. The molecule has 0 radical (unpaired) electrons. The zero-order chi connectivity index (χ0) is 28.1. The Hall–Kier alpha value is -3.52. The minimum Gasteiger partial charge on any atom is -0.479 e. The van der Waals surface area contributed by atoms with Crippen molar-refractivity contribution in [1.29, 1.82) is 0 Å². The Labute approximate surface area is 229 Å². The minimum absolute atomic E-state index is 0.119. The highest BCUT2D eigenvalue weighted by Gasteiger charge is 2.38. The fraction of sp³-hybridized carbons (Fsp3) is 0.419. The molecule has 1 saturated heterocycles. The van der Waals surface area contributed by atoms with Crippen LogP contribution in [0.1, 0.15) is 57.6 Å². The lowest BCUT2D eigenvalue weighted by atomic mass is 9.89. The van der Waals surface area contributed by atoms with Crippen LogP contribution in [0, 0.1) is 18.6 Å². The van der Waals surface area contributed by atoms with E-state index in [1.165, 1.54) is 6.07 Å². The predicted octanol–water partition coefficient (Wildman–Crippen LogP) is 7.18. The summed E-state index contributed by atoms with van der Waals surface area (Å²) in [5, 5.41) is 3.05. The van der Waals surface area contributed by atoms with E-state index in [-0.39, 0.29) is 29.4 Å². The fourth-order valence-electron chi connectivity index (χ4n) is 5.56. The summed E-state index contributed by atoms with van der Waals surface area (Å²) in [6, 6.07) is 9.00. The maximum atomic E-state index is 15.1. The number of fused-ring (bicyclic) bond motifs is 1. The first-order chi connectivity index (χ1) is 18.4. The Balaban J connectivity index is 1.45. The Kier molecular flexibility index (Phi) is 7.10. The lowest BCUT2D eigenvalue weighted by Crippen LogP contribution is -2.47. The quantitative estimate of drug-likeness (QED) is 0.375. The van der Waals surface area contributed by atoms with E-state index in [9.17, 15) is 0 Å². The number of hydrogen-bond acceptors (Lipinski definition) is 6. The van der Waals surface area contributed by atoms with Gasteiger partial charge in [0.2, 0.25) is 5.95 Å². The van der Waals surface area contributed by atoms with Gasteiger partial charge in [-0.25, -0.2) is 18.7 Å². The molecule has 1 fully saturated rings. The number of halogens is 2. The number of nitrogens with one attached hydrogen (secondary N) is 1. The molecule has 1 aromatic heterocycles. The van der Waals surface area contributed by atoms with Crippen molar-refractivity contribution in [2.45, 2.75) is 65.0 Å². The van der Waals surface area contributed by atoms with Gasteiger partial charge in [0.15, 0.2) is 5.82 Å². The van der Waals surface area contributed by atoms with Crippen molar-refractivity contribution in [2.24, 2.45) is 0 Å². The van der Waals surface area contributed by atoms with Crippen LogP contribution in [-0.2, 0) is 0 Å². The molecule has 1 N–H and O–H groups in total. The number of hydrogen-bond donors (Lipinski definition) is 1. The first-order valence-corrected chi connectivity index (χ1v) is 13.5. The molecular formula is C31H37F2N5O. The number of piperidine rings is 1.